The van der Waals surface area contributed by atoms with Crippen LogP contribution >= 0.6 is 11.6 Å². The summed E-state index contributed by atoms with van der Waals surface area (Å²) in [4.78, 5) is 20.4. The number of carboxylic acid groups (broad SMARTS) is 1. The predicted molar refractivity (Wildman–Crippen MR) is 54.2 cm³/mol. The molecule has 15 heavy (non-hydrogen) atoms. The lowest BCUT2D eigenvalue weighted by atomic mass is 10.0. The molecule has 0 spiro atoms. The van der Waals surface area contributed by atoms with Gasteiger partial charge in [0.25, 0.3) is 5.69 Å². The van der Waals surface area contributed by atoms with Crippen LogP contribution in [0.25, 0.3) is 0 Å². The molecule has 0 aromatic heterocycles. The normalized spacial score (nSPS) is 10.0. The lowest BCUT2D eigenvalue weighted by molar-refractivity contribution is -0.384. The number of hydrogen-bond donors (Lipinski definition) is 1. The van der Waals surface area contributed by atoms with E-state index in [0.717, 1.165) is 0 Å². The summed E-state index contributed by atoms with van der Waals surface area (Å²) in [5, 5.41) is 19.3. The van der Waals surface area contributed by atoms with Crippen LogP contribution in [-0.2, 0) is 11.2 Å². The van der Waals surface area contributed by atoms with E-state index in [1.165, 1.54) is 12.1 Å². The highest BCUT2D eigenvalue weighted by molar-refractivity contribution is 6.31. The van der Waals surface area contributed by atoms with E-state index < -0.39 is 10.9 Å². The second-order valence-corrected chi connectivity index (χ2v) is 3.45. The summed E-state index contributed by atoms with van der Waals surface area (Å²) >= 11 is 5.75. The zero-order chi connectivity index (χ0) is 11.6. The summed E-state index contributed by atoms with van der Waals surface area (Å²) in [6.45, 7) is 1.63. The smallest absolute Gasteiger partial charge is 0.307 e. The van der Waals surface area contributed by atoms with Gasteiger partial charge in [-0.1, -0.05) is 11.6 Å². The summed E-state index contributed by atoms with van der Waals surface area (Å²) in [5.74, 6) is -1.05. The summed E-state index contributed by atoms with van der Waals surface area (Å²) in [7, 11) is 0. The molecule has 1 aromatic rings. The van der Waals surface area contributed by atoms with Crippen LogP contribution in [0, 0.1) is 17.0 Å². The van der Waals surface area contributed by atoms with Crippen LogP contribution in [-0.4, -0.2) is 16.0 Å². The molecule has 0 saturated carbocycles. The first kappa shape index (κ1) is 11.5. The fourth-order valence-corrected chi connectivity index (χ4v) is 1.41. The van der Waals surface area contributed by atoms with Crippen molar-refractivity contribution in [3.63, 3.8) is 0 Å². The minimum Gasteiger partial charge on any atom is -0.481 e. The molecule has 0 fully saturated rings. The topological polar surface area (TPSA) is 80.4 Å². The highest BCUT2D eigenvalue weighted by Crippen LogP contribution is 2.26. The van der Waals surface area contributed by atoms with Gasteiger partial charge in [0.1, 0.15) is 0 Å². The van der Waals surface area contributed by atoms with Gasteiger partial charge in [-0.15, -0.1) is 0 Å². The third-order valence-corrected chi connectivity index (χ3v) is 2.38. The van der Waals surface area contributed by atoms with E-state index in [-0.39, 0.29) is 17.1 Å². The number of nitro benzene ring substituents is 1. The molecule has 0 saturated heterocycles. The Kier molecular flexibility index (Phi) is 3.26. The SMILES string of the molecule is Cc1c(Cl)cc([N+](=O)[O-])cc1CC(=O)O. The number of rotatable bonds is 3. The number of hydrogen-bond acceptors (Lipinski definition) is 3. The molecule has 80 valence electrons. The van der Waals surface area contributed by atoms with E-state index >= 15 is 0 Å². The number of halogens is 1. The number of non-ortho nitro benzene ring substituents is 1. The number of benzene rings is 1. The van der Waals surface area contributed by atoms with Crippen molar-refractivity contribution in [1.82, 2.24) is 0 Å². The third-order valence-electron chi connectivity index (χ3n) is 1.99. The van der Waals surface area contributed by atoms with Crippen molar-refractivity contribution < 1.29 is 14.8 Å². The van der Waals surface area contributed by atoms with Crippen molar-refractivity contribution in [3.05, 3.63) is 38.4 Å². The molecule has 1 aromatic carbocycles. The van der Waals surface area contributed by atoms with Gasteiger partial charge in [0, 0.05) is 12.1 Å². The monoisotopic (exact) mass is 229 g/mol. The summed E-state index contributed by atoms with van der Waals surface area (Å²) in [6, 6.07) is 2.44. The molecular formula is C9H8ClNO4. The van der Waals surface area contributed by atoms with Crippen molar-refractivity contribution in [1.29, 1.82) is 0 Å². The lowest BCUT2D eigenvalue weighted by Crippen LogP contribution is -2.03. The van der Waals surface area contributed by atoms with E-state index in [1.807, 2.05) is 0 Å². The van der Waals surface area contributed by atoms with Crippen molar-refractivity contribution in [2.45, 2.75) is 13.3 Å². The van der Waals surface area contributed by atoms with Crippen molar-refractivity contribution in [2.24, 2.45) is 0 Å². The Morgan fingerprint density at radius 1 is 1.60 bits per heavy atom. The average molecular weight is 230 g/mol. The fourth-order valence-electron chi connectivity index (χ4n) is 1.17. The molecule has 1 N–H and O–H groups in total. The second kappa shape index (κ2) is 4.27. The summed E-state index contributed by atoms with van der Waals surface area (Å²) in [6.07, 6.45) is -0.271. The molecule has 5 nitrogen and oxygen atoms in total. The maximum atomic E-state index is 10.5. The second-order valence-electron chi connectivity index (χ2n) is 3.04. The van der Waals surface area contributed by atoms with Gasteiger partial charge >= 0.3 is 5.97 Å². The Hall–Kier alpha value is -1.62. The molecule has 0 amide bonds. The van der Waals surface area contributed by atoms with E-state index in [4.69, 9.17) is 16.7 Å². The molecule has 0 bridgehead atoms. The first-order valence-electron chi connectivity index (χ1n) is 4.07. The van der Waals surface area contributed by atoms with Gasteiger partial charge in [-0.3, -0.25) is 14.9 Å². The zero-order valence-electron chi connectivity index (χ0n) is 7.86. The van der Waals surface area contributed by atoms with Crippen LogP contribution in [0.15, 0.2) is 12.1 Å². The van der Waals surface area contributed by atoms with E-state index in [1.54, 1.807) is 6.92 Å². The maximum Gasteiger partial charge on any atom is 0.307 e. The average Bonchev–Trinajstić information content (AvgIpc) is 2.11. The van der Waals surface area contributed by atoms with Gasteiger partial charge < -0.3 is 5.11 Å². The predicted octanol–water partition coefficient (Wildman–Crippen LogP) is 2.18. The molecule has 0 aliphatic heterocycles. The maximum absolute atomic E-state index is 10.5. The molecule has 0 aliphatic rings. The third kappa shape index (κ3) is 2.66. The van der Waals surface area contributed by atoms with Crippen LogP contribution in [0.3, 0.4) is 0 Å². The number of nitrogens with zero attached hydrogens (tertiary/aromatic N) is 1. The first-order valence-corrected chi connectivity index (χ1v) is 4.45. The van der Waals surface area contributed by atoms with Crippen LogP contribution in [0.2, 0.25) is 5.02 Å². The molecule has 0 aliphatic carbocycles. The Labute approximate surface area is 90.4 Å². The molecule has 0 atom stereocenters. The Morgan fingerprint density at radius 3 is 2.67 bits per heavy atom. The van der Waals surface area contributed by atoms with Crippen LogP contribution < -0.4 is 0 Å². The Balaban J connectivity index is 3.24. The van der Waals surface area contributed by atoms with Gasteiger partial charge in [0.2, 0.25) is 0 Å². The van der Waals surface area contributed by atoms with Gasteiger partial charge in [0.15, 0.2) is 0 Å². The van der Waals surface area contributed by atoms with E-state index in [0.29, 0.717) is 11.1 Å². The van der Waals surface area contributed by atoms with Crippen LogP contribution in [0.4, 0.5) is 5.69 Å². The van der Waals surface area contributed by atoms with Crippen molar-refractivity contribution >= 4 is 23.3 Å². The van der Waals surface area contributed by atoms with Gasteiger partial charge in [-0.2, -0.15) is 0 Å². The van der Waals surface area contributed by atoms with Crippen LogP contribution in [0.1, 0.15) is 11.1 Å². The highest BCUT2D eigenvalue weighted by atomic mass is 35.5. The van der Waals surface area contributed by atoms with Gasteiger partial charge in [0.05, 0.1) is 16.4 Å². The molecule has 6 heteroatoms. The number of nitro groups is 1. The molecule has 0 unspecified atom stereocenters. The summed E-state index contributed by atoms with van der Waals surface area (Å²) in [5.41, 5.74) is 0.730. The quantitative estimate of drug-likeness (QED) is 0.636. The van der Waals surface area contributed by atoms with Crippen molar-refractivity contribution in [3.8, 4) is 0 Å². The zero-order valence-corrected chi connectivity index (χ0v) is 8.61. The number of carboxylic acids is 1. The summed E-state index contributed by atoms with van der Waals surface area (Å²) < 4.78 is 0. The minimum atomic E-state index is -1.05. The molecule has 0 radical (unpaired) electrons. The lowest BCUT2D eigenvalue weighted by Gasteiger charge is -2.04. The molecular weight excluding hydrogens is 222 g/mol. The first-order chi connectivity index (χ1) is 6.91. The minimum absolute atomic E-state index is 0.193. The number of aliphatic carboxylic acids is 1. The van der Waals surface area contributed by atoms with Gasteiger partial charge in [-0.05, 0) is 18.1 Å². The van der Waals surface area contributed by atoms with Crippen LogP contribution in [0.5, 0.6) is 0 Å². The highest BCUT2D eigenvalue weighted by Gasteiger charge is 2.14. The Morgan fingerprint density at radius 2 is 2.20 bits per heavy atom. The molecule has 0 heterocycles. The fraction of sp³-hybridized carbons (Fsp3) is 0.222. The molecule has 1 rings (SSSR count). The Bertz CT molecular complexity index is 430. The van der Waals surface area contributed by atoms with Gasteiger partial charge in [-0.25, -0.2) is 0 Å². The standard InChI is InChI=1S/C9H8ClNO4/c1-5-6(3-9(12)13)2-7(11(14)15)4-8(5)10/h2,4H,3H2,1H3,(H,12,13). The van der Waals surface area contributed by atoms with E-state index in [2.05, 4.69) is 0 Å². The largest absolute Gasteiger partial charge is 0.481 e. The van der Waals surface area contributed by atoms with Crippen molar-refractivity contribution in [2.75, 3.05) is 0 Å². The number of carbonyl (C=O) groups is 1. The van der Waals surface area contributed by atoms with E-state index in [9.17, 15) is 14.9 Å².